The molecule has 1 rings (SSSR count). The Kier molecular flexibility index (Phi) is 6.32. The molecular weight excluding hydrogens is 222 g/mol. The van der Waals surface area contributed by atoms with Gasteiger partial charge in [0.05, 0.1) is 15.8 Å². The molecular formula is C9H12ClNO2S. The molecule has 0 saturated carbocycles. The number of benzene rings is 1. The Bertz CT molecular complexity index is 281. The Morgan fingerprint density at radius 3 is 2.43 bits per heavy atom. The summed E-state index contributed by atoms with van der Waals surface area (Å²) in [6, 6.07) is 9.87. The van der Waals surface area contributed by atoms with Crippen molar-refractivity contribution in [1.82, 2.24) is 0 Å². The average Bonchev–Trinajstić information content (AvgIpc) is 2.04. The minimum Gasteiger partial charge on any atom is -1.00 e. The summed E-state index contributed by atoms with van der Waals surface area (Å²) in [5.41, 5.74) is 1.18. The summed E-state index contributed by atoms with van der Waals surface area (Å²) < 4.78 is 0. The predicted octanol–water partition coefficient (Wildman–Crippen LogP) is -1.33. The lowest BCUT2D eigenvalue weighted by molar-refractivity contribution is -0.457. The molecule has 0 saturated heterocycles. The second-order valence-corrected chi connectivity index (χ2v) is 4.98. The third-order valence-corrected chi connectivity index (χ3v) is 3.06. The van der Waals surface area contributed by atoms with Crippen molar-refractivity contribution in [1.29, 1.82) is 0 Å². The molecule has 78 valence electrons. The van der Waals surface area contributed by atoms with E-state index < -0.39 is 0 Å². The maximum atomic E-state index is 10.2. The Morgan fingerprint density at radius 2 is 1.93 bits per heavy atom. The molecule has 1 unspecified atom stereocenters. The number of hydrogen-bond donors (Lipinski definition) is 0. The van der Waals surface area contributed by atoms with Gasteiger partial charge in [0.25, 0.3) is 0 Å². The van der Waals surface area contributed by atoms with Gasteiger partial charge in [-0.15, -0.1) is 0 Å². The van der Waals surface area contributed by atoms with Crippen LogP contribution < -0.4 is 12.4 Å². The van der Waals surface area contributed by atoms with E-state index in [4.69, 9.17) is 0 Å². The standard InChI is InChI=1S/C9H12NO2S.ClH/c1-13(8-10(11)12)7-9-5-3-2-4-6-9;/h2-6H,7-8H2,1H3;1H/q+1;/p-1. The Morgan fingerprint density at radius 1 is 1.36 bits per heavy atom. The first-order valence-corrected chi connectivity index (χ1v) is 5.90. The number of nitro groups is 1. The minimum atomic E-state index is -0.244. The maximum absolute atomic E-state index is 10.2. The highest BCUT2D eigenvalue weighted by atomic mass is 35.5. The van der Waals surface area contributed by atoms with Crippen molar-refractivity contribution in [2.24, 2.45) is 0 Å². The molecule has 1 atom stereocenters. The van der Waals surface area contributed by atoms with Crippen LogP contribution >= 0.6 is 0 Å². The van der Waals surface area contributed by atoms with Crippen LogP contribution in [0.2, 0.25) is 0 Å². The molecule has 1 aromatic carbocycles. The summed E-state index contributed by atoms with van der Waals surface area (Å²) in [6.07, 6.45) is 1.93. The van der Waals surface area contributed by atoms with Crippen LogP contribution in [0.25, 0.3) is 0 Å². The van der Waals surface area contributed by atoms with Gasteiger partial charge in [-0.3, -0.25) is 10.1 Å². The monoisotopic (exact) mass is 233 g/mol. The minimum absolute atomic E-state index is 0. The van der Waals surface area contributed by atoms with Crippen LogP contribution in [0.5, 0.6) is 0 Å². The van der Waals surface area contributed by atoms with Gasteiger partial charge < -0.3 is 12.4 Å². The third kappa shape index (κ3) is 5.09. The van der Waals surface area contributed by atoms with Crippen molar-refractivity contribution in [2.45, 2.75) is 5.75 Å². The first kappa shape index (κ1) is 13.3. The normalized spacial score (nSPS) is 11.5. The number of halogens is 1. The van der Waals surface area contributed by atoms with Crippen molar-refractivity contribution < 1.29 is 17.3 Å². The molecule has 0 aliphatic rings. The largest absolute Gasteiger partial charge is 1.00 e. The fourth-order valence-electron chi connectivity index (χ4n) is 1.08. The Hall–Kier alpha value is -0.740. The van der Waals surface area contributed by atoms with E-state index in [1.807, 2.05) is 36.6 Å². The molecule has 0 heterocycles. The van der Waals surface area contributed by atoms with E-state index in [1.165, 1.54) is 5.56 Å². The Balaban J connectivity index is 0.00000169. The van der Waals surface area contributed by atoms with Crippen molar-refractivity contribution in [2.75, 3.05) is 12.1 Å². The van der Waals surface area contributed by atoms with Crippen molar-refractivity contribution in [3.63, 3.8) is 0 Å². The molecule has 0 aromatic heterocycles. The second kappa shape index (κ2) is 6.68. The zero-order valence-electron chi connectivity index (χ0n) is 7.85. The lowest BCUT2D eigenvalue weighted by Gasteiger charge is -1.98. The molecule has 0 fully saturated rings. The van der Waals surface area contributed by atoms with E-state index >= 15 is 0 Å². The molecule has 0 aliphatic heterocycles. The van der Waals surface area contributed by atoms with Crippen LogP contribution in [-0.2, 0) is 16.6 Å². The highest BCUT2D eigenvalue weighted by Crippen LogP contribution is 2.06. The molecule has 0 spiro atoms. The third-order valence-electron chi connectivity index (χ3n) is 1.58. The van der Waals surface area contributed by atoms with Crippen molar-refractivity contribution in [3.8, 4) is 0 Å². The molecule has 0 aliphatic carbocycles. The van der Waals surface area contributed by atoms with Gasteiger partial charge in [-0.2, -0.15) is 0 Å². The van der Waals surface area contributed by atoms with Crippen molar-refractivity contribution >= 4 is 10.9 Å². The van der Waals surface area contributed by atoms with Crippen LogP contribution in [0.3, 0.4) is 0 Å². The van der Waals surface area contributed by atoms with Crippen LogP contribution in [-0.4, -0.2) is 17.1 Å². The molecule has 0 bridgehead atoms. The summed E-state index contributed by atoms with van der Waals surface area (Å²) >= 11 is 0. The fraction of sp³-hybridized carbons (Fsp3) is 0.333. The van der Waals surface area contributed by atoms with E-state index in [9.17, 15) is 10.1 Å². The highest BCUT2D eigenvalue weighted by Gasteiger charge is 2.17. The summed E-state index contributed by atoms with van der Waals surface area (Å²) in [4.78, 5) is 9.97. The van der Waals surface area contributed by atoms with Gasteiger partial charge in [0, 0.05) is 5.56 Å². The second-order valence-electron chi connectivity index (χ2n) is 2.87. The number of rotatable bonds is 4. The number of nitrogens with zero attached hydrogens (tertiary/aromatic N) is 1. The predicted molar refractivity (Wildman–Crippen MR) is 55.3 cm³/mol. The lowest BCUT2D eigenvalue weighted by atomic mass is 10.2. The van der Waals surface area contributed by atoms with Gasteiger partial charge >= 0.3 is 5.88 Å². The highest BCUT2D eigenvalue weighted by molar-refractivity contribution is 7.95. The first-order valence-electron chi connectivity index (χ1n) is 3.93. The molecule has 0 N–H and O–H groups in total. The lowest BCUT2D eigenvalue weighted by Crippen LogP contribution is -3.00. The van der Waals surface area contributed by atoms with E-state index in [1.54, 1.807) is 0 Å². The average molecular weight is 234 g/mol. The van der Waals surface area contributed by atoms with E-state index in [0.717, 1.165) is 5.75 Å². The Labute approximate surface area is 92.4 Å². The van der Waals surface area contributed by atoms with E-state index in [2.05, 4.69) is 0 Å². The van der Waals surface area contributed by atoms with Crippen LogP contribution in [0.15, 0.2) is 30.3 Å². The smallest absolute Gasteiger partial charge is 0.350 e. The molecule has 5 heteroatoms. The van der Waals surface area contributed by atoms with Crippen LogP contribution in [0.4, 0.5) is 0 Å². The summed E-state index contributed by atoms with van der Waals surface area (Å²) in [7, 11) is -0.150. The zero-order valence-corrected chi connectivity index (χ0v) is 9.42. The van der Waals surface area contributed by atoms with E-state index in [0.29, 0.717) is 0 Å². The summed E-state index contributed by atoms with van der Waals surface area (Å²) in [6.45, 7) is 0. The van der Waals surface area contributed by atoms with E-state index in [-0.39, 0.29) is 34.1 Å². The summed E-state index contributed by atoms with van der Waals surface area (Å²) in [5, 5.41) is 10.2. The number of hydrogen-bond acceptors (Lipinski definition) is 2. The van der Waals surface area contributed by atoms with Gasteiger partial charge in [0.2, 0.25) is 0 Å². The fourth-order valence-corrected chi connectivity index (χ4v) is 2.30. The maximum Gasteiger partial charge on any atom is 0.350 e. The van der Waals surface area contributed by atoms with Gasteiger partial charge in [-0.1, -0.05) is 30.3 Å². The summed E-state index contributed by atoms with van der Waals surface area (Å²) in [5.74, 6) is 0.886. The molecule has 0 amide bonds. The van der Waals surface area contributed by atoms with Gasteiger partial charge in [0.1, 0.15) is 12.0 Å². The van der Waals surface area contributed by atoms with Crippen LogP contribution in [0.1, 0.15) is 5.56 Å². The van der Waals surface area contributed by atoms with Gasteiger partial charge in [-0.25, -0.2) is 0 Å². The van der Waals surface area contributed by atoms with Crippen molar-refractivity contribution in [3.05, 3.63) is 46.0 Å². The molecule has 0 radical (unpaired) electrons. The first-order chi connectivity index (χ1) is 6.18. The molecule has 14 heavy (non-hydrogen) atoms. The zero-order chi connectivity index (χ0) is 9.68. The molecule has 1 aromatic rings. The van der Waals surface area contributed by atoms with Gasteiger partial charge in [0.15, 0.2) is 0 Å². The van der Waals surface area contributed by atoms with Crippen LogP contribution in [0, 0.1) is 10.1 Å². The topological polar surface area (TPSA) is 43.1 Å². The van der Waals surface area contributed by atoms with Gasteiger partial charge in [-0.05, 0) is 0 Å². The molecule has 3 nitrogen and oxygen atoms in total. The SMILES string of the molecule is C[S+](Cc1ccccc1)C[N+](=O)[O-].[Cl-]. The quantitative estimate of drug-likeness (QED) is 0.368.